The molecule has 0 unspecified atom stereocenters. The summed E-state index contributed by atoms with van der Waals surface area (Å²) in [6, 6.07) is 5.32. The first-order valence-electron chi connectivity index (χ1n) is 5.93. The monoisotopic (exact) mass is 294 g/mol. The molecule has 0 spiro atoms. The van der Waals surface area contributed by atoms with E-state index < -0.39 is 12.0 Å². The number of nitrogen functional groups attached to an aromatic ring is 1. The van der Waals surface area contributed by atoms with Crippen LogP contribution in [0, 0.1) is 0 Å². The number of aromatic amines is 1. The lowest BCUT2D eigenvalue weighted by Gasteiger charge is -2.02. The summed E-state index contributed by atoms with van der Waals surface area (Å²) in [4.78, 5) is 29.9. The minimum absolute atomic E-state index is 0.0636. The number of anilines is 1. The minimum atomic E-state index is -0.740. The van der Waals surface area contributed by atoms with Gasteiger partial charge in [0.25, 0.3) is 0 Å². The molecule has 8 heteroatoms. The van der Waals surface area contributed by atoms with Crippen LogP contribution in [0.1, 0.15) is 6.92 Å². The van der Waals surface area contributed by atoms with Crippen molar-refractivity contribution in [2.75, 3.05) is 18.1 Å². The molecule has 0 aliphatic carbocycles. The Bertz CT molecular complexity index is 641. The molecule has 0 aliphatic heterocycles. The summed E-state index contributed by atoms with van der Waals surface area (Å²) in [7, 11) is 0. The van der Waals surface area contributed by atoms with Crippen molar-refractivity contribution in [3.63, 3.8) is 0 Å². The second-order valence-corrected chi connectivity index (χ2v) is 4.84. The third-order valence-corrected chi connectivity index (χ3v) is 3.21. The van der Waals surface area contributed by atoms with Crippen LogP contribution in [-0.2, 0) is 9.53 Å². The number of rotatable bonds is 4. The van der Waals surface area contributed by atoms with Crippen LogP contribution < -0.4 is 11.1 Å². The van der Waals surface area contributed by atoms with E-state index in [1.165, 1.54) is 11.8 Å². The average Bonchev–Trinajstić information content (AvgIpc) is 2.78. The Morgan fingerprint density at radius 2 is 2.30 bits per heavy atom. The maximum atomic E-state index is 11.5. The van der Waals surface area contributed by atoms with Crippen LogP contribution in [0.3, 0.4) is 0 Å². The Morgan fingerprint density at radius 3 is 3.05 bits per heavy atom. The van der Waals surface area contributed by atoms with E-state index in [0.717, 1.165) is 11.0 Å². The zero-order chi connectivity index (χ0) is 14.5. The summed E-state index contributed by atoms with van der Waals surface area (Å²) in [5.74, 6) is -0.373. The molecule has 1 heterocycles. The number of aromatic nitrogens is 2. The fourth-order valence-electron chi connectivity index (χ4n) is 1.52. The SMILES string of the molecule is CCOC(=O)NC(=O)CSc1nc2ccc(N)cc2[nH]1. The molecule has 1 aromatic carbocycles. The molecule has 0 radical (unpaired) electrons. The largest absolute Gasteiger partial charge is 0.450 e. The average molecular weight is 294 g/mol. The highest BCUT2D eigenvalue weighted by molar-refractivity contribution is 7.99. The van der Waals surface area contributed by atoms with Crippen molar-refractivity contribution in [3.05, 3.63) is 18.2 Å². The number of alkyl carbamates (subject to hydrolysis) is 1. The molecule has 0 atom stereocenters. The Labute approximate surface area is 119 Å². The normalized spacial score (nSPS) is 10.4. The number of thioether (sulfide) groups is 1. The lowest BCUT2D eigenvalue weighted by Crippen LogP contribution is -2.32. The molecule has 7 nitrogen and oxygen atoms in total. The van der Waals surface area contributed by atoms with Crippen molar-refractivity contribution in [2.24, 2.45) is 0 Å². The van der Waals surface area contributed by atoms with Crippen LogP contribution in [0.4, 0.5) is 10.5 Å². The third-order valence-electron chi connectivity index (χ3n) is 2.34. The number of carbonyl (C=O) groups is 2. The molecule has 1 aromatic heterocycles. The maximum Gasteiger partial charge on any atom is 0.413 e. The predicted molar refractivity (Wildman–Crippen MR) is 76.4 cm³/mol. The molecule has 0 bridgehead atoms. The highest BCUT2D eigenvalue weighted by atomic mass is 32.2. The molecular formula is C12H14N4O3S. The van der Waals surface area contributed by atoms with Crippen LogP contribution >= 0.6 is 11.8 Å². The first kappa shape index (κ1) is 14.2. The Morgan fingerprint density at radius 1 is 1.50 bits per heavy atom. The number of hydrogen-bond donors (Lipinski definition) is 3. The van der Waals surface area contributed by atoms with Crippen LogP contribution in [0.15, 0.2) is 23.4 Å². The van der Waals surface area contributed by atoms with Gasteiger partial charge in [0.2, 0.25) is 5.91 Å². The van der Waals surface area contributed by atoms with Gasteiger partial charge >= 0.3 is 6.09 Å². The van der Waals surface area contributed by atoms with Crippen LogP contribution in [0.2, 0.25) is 0 Å². The van der Waals surface area contributed by atoms with E-state index in [0.29, 0.717) is 10.8 Å². The van der Waals surface area contributed by atoms with E-state index in [-0.39, 0.29) is 12.4 Å². The number of carbonyl (C=O) groups excluding carboxylic acids is 2. The van der Waals surface area contributed by atoms with Gasteiger partial charge in [0.15, 0.2) is 5.16 Å². The van der Waals surface area contributed by atoms with Gasteiger partial charge in [-0.3, -0.25) is 10.1 Å². The number of benzene rings is 1. The molecule has 0 saturated carbocycles. The van der Waals surface area contributed by atoms with E-state index in [4.69, 9.17) is 5.73 Å². The van der Waals surface area contributed by atoms with E-state index in [9.17, 15) is 9.59 Å². The lowest BCUT2D eigenvalue weighted by atomic mass is 10.3. The van der Waals surface area contributed by atoms with E-state index >= 15 is 0 Å². The second-order valence-electron chi connectivity index (χ2n) is 3.88. The van der Waals surface area contributed by atoms with Gasteiger partial charge in [0, 0.05) is 5.69 Å². The van der Waals surface area contributed by atoms with E-state index in [1.54, 1.807) is 25.1 Å². The zero-order valence-corrected chi connectivity index (χ0v) is 11.6. The first-order chi connectivity index (χ1) is 9.58. The Kier molecular flexibility index (Phi) is 4.46. The summed E-state index contributed by atoms with van der Waals surface area (Å²) in [5.41, 5.74) is 7.88. The summed E-state index contributed by atoms with van der Waals surface area (Å²) < 4.78 is 4.61. The molecule has 2 amide bonds. The lowest BCUT2D eigenvalue weighted by molar-refractivity contribution is -0.117. The van der Waals surface area contributed by atoms with Gasteiger partial charge in [-0.25, -0.2) is 9.78 Å². The molecule has 0 saturated heterocycles. The van der Waals surface area contributed by atoms with Gasteiger partial charge in [0.05, 0.1) is 23.4 Å². The molecule has 4 N–H and O–H groups in total. The van der Waals surface area contributed by atoms with Gasteiger partial charge in [0.1, 0.15) is 0 Å². The minimum Gasteiger partial charge on any atom is -0.450 e. The topological polar surface area (TPSA) is 110 Å². The molecular weight excluding hydrogens is 280 g/mol. The number of imide groups is 1. The number of nitrogens with zero attached hydrogens (tertiary/aromatic N) is 1. The number of amides is 2. The molecule has 2 aromatic rings. The van der Waals surface area contributed by atoms with Crippen LogP contribution in [0.5, 0.6) is 0 Å². The zero-order valence-electron chi connectivity index (χ0n) is 10.8. The van der Waals surface area contributed by atoms with Crippen molar-refractivity contribution in [2.45, 2.75) is 12.1 Å². The number of nitrogens with one attached hydrogen (secondary N) is 2. The third kappa shape index (κ3) is 3.64. The highest BCUT2D eigenvalue weighted by Crippen LogP contribution is 2.20. The maximum absolute atomic E-state index is 11.5. The fourth-order valence-corrected chi connectivity index (χ4v) is 2.21. The van der Waals surface area contributed by atoms with Crippen molar-refractivity contribution in [1.82, 2.24) is 15.3 Å². The number of imidazole rings is 1. The molecule has 0 aliphatic rings. The first-order valence-corrected chi connectivity index (χ1v) is 6.91. The van der Waals surface area contributed by atoms with Gasteiger partial charge in [-0.1, -0.05) is 11.8 Å². The number of H-pyrrole nitrogens is 1. The fraction of sp³-hybridized carbons (Fsp3) is 0.250. The van der Waals surface area contributed by atoms with E-state index in [1.807, 2.05) is 0 Å². The Hall–Kier alpha value is -2.22. The molecule has 0 fully saturated rings. The second kappa shape index (κ2) is 6.29. The van der Waals surface area contributed by atoms with Gasteiger partial charge in [-0.2, -0.15) is 0 Å². The van der Waals surface area contributed by atoms with Crippen molar-refractivity contribution in [3.8, 4) is 0 Å². The van der Waals surface area contributed by atoms with Crippen molar-refractivity contribution >= 4 is 40.5 Å². The summed E-state index contributed by atoms with van der Waals surface area (Å²) in [6.45, 7) is 1.89. The number of fused-ring (bicyclic) bond motifs is 1. The standard InChI is InChI=1S/C12H14N4O3S/c1-2-19-12(18)16-10(17)6-20-11-14-8-4-3-7(13)5-9(8)15-11/h3-5H,2,6,13H2,1H3,(H,14,15)(H,16,17,18). The van der Waals surface area contributed by atoms with Gasteiger partial charge in [-0.05, 0) is 25.1 Å². The smallest absolute Gasteiger partial charge is 0.413 e. The van der Waals surface area contributed by atoms with Crippen molar-refractivity contribution < 1.29 is 14.3 Å². The van der Waals surface area contributed by atoms with Gasteiger partial charge in [-0.15, -0.1) is 0 Å². The van der Waals surface area contributed by atoms with Crippen molar-refractivity contribution in [1.29, 1.82) is 0 Å². The molecule has 2 rings (SSSR count). The predicted octanol–water partition coefficient (Wildman–Crippen LogP) is 1.51. The van der Waals surface area contributed by atoms with E-state index in [2.05, 4.69) is 20.0 Å². The highest BCUT2D eigenvalue weighted by Gasteiger charge is 2.10. The summed E-state index contributed by atoms with van der Waals surface area (Å²) in [6.07, 6.45) is -0.740. The summed E-state index contributed by atoms with van der Waals surface area (Å²) in [5, 5.41) is 2.70. The van der Waals surface area contributed by atoms with Gasteiger partial charge < -0.3 is 15.5 Å². The number of ether oxygens (including phenoxy) is 1. The van der Waals surface area contributed by atoms with Crippen LogP contribution in [0.25, 0.3) is 11.0 Å². The molecule has 20 heavy (non-hydrogen) atoms. The van der Waals surface area contributed by atoms with Crippen LogP contribution in [-0.4, -0.2) is 34.3 Å². The number of nitrogens with two attached hydrogens (primary N) is 1. The Balaban J connectivity index is 1.92. The molecule has 106 valence electrons. The summed E-state index contributed by atoms with van der Waals surface area (Å²) >= 11 is 1.19. The quantitative estimate of drug-likeness (QED) is 0.582. The number of hydrogen-bond acceptors (Lipinski definition) is 6.